The molecule has 5 heteroatoms. The topological polar surface area (TPSA) is 34.0 Å². The fourth-order valence-electron chi connectivity index (χ4n) is 0.920. The molecule has 15 heavy (non-hydrogen) atoms. The molecule has 0 aliphatic heterocycles. The van der Waals surface area contributed by atoms with Gasteiger partial charge in [0.15, 0.2) is 12.5 Å². The number of hydrogen-bond acceptors (Lipinski definition) is 5. The molecule has 0 spiro atoms. The van der Waals surface area contributed by atoms with Crippen LogP contribution in [0, 0.1) is 11.8 Å². The zero-order valence-corrected chi connectivity index (χ0v) is 11.1. The first-order valence-electron chi connectivity index (χ1n) is 4.82. The predicted molar refractivity (Wildman–Crippen MR) is 68.4 cm³/mol. The van der Waals surface area contributed by atoms with E-state index in [4.69, 9.17) is 4.74 Å². The molecule has 0 radical (unpaired) electrons. The molecule has 0 N–H and O–H groups in total. The van der Waals surface area contributed by atoms with E-state index >= 15 is 0 Å². The van der Waals surface area contributed by atoms with E-state index < -0.39 is 0 Å². The van der Waals surface area contributed by atoms with Crippen molar-refractivity contribution in [1.29, 1.82) is 0 Å². The molecule has 0 bridgehead atoms. The quantitative estimate of drug-likeness (QED) is 0.531. The van der Waals surface area contributed by atoms with Gasteiger partial charge in [-0.3, -0.25) is 0 Å². The summed E-state index contributed by atoms with van der Waals surface area (Å²) in [6, 6.07) is 0. The van der Waals surface area contributed by atoms with Gasteiger partial charge in [-0.25, -0.2) is 0 Å². The minimum atomic E-state index is -0.318. The van der Waals surface area contributed by atoms with Gasteiger partial charge in [-0.2, -0.15) is 9.98 Å². The number of rotatable bonds is 6. The standard InChI is InChI=1S/C10H16N2OS2/c1-7(2)9(11-5-14)13-10(8(3)4)12-6-15/h7-10H,1-4H3. The second-order valence-electron chi connectivity index (χ2n) is 3.85. The molecule has 2 atom stereocenters. The fourth-order valence-corrected chi connectivity index (χ4v) is 1.13. The lowest BCUT2D eigenvalue weighted by molar-refractivity contribution is -0.0459. The van der Waals surface area contributed by atoms with Gasteiger partial charge in [-0.1, -0.05) is 27.7 Å². The van der Waals surface area contributed by atoms with Gasteiger partial charge in [0.2, 0.25) is 0 Å². The van der Waals surface area contributed by atoms with E-state index in [-0.39, 0.29) is 24.3 Å². The Morgan fingerprint density at radius 2 is 1.20 bits per heavy atom. The SMILES string of the molecule is CC(C)C(N=C=S)OC(N=C=S)C(C)C. The van der Waals surface area contributed by atoms with E-state index in [0.29, 0.717) is 0 Å². The van der Waals surface area contributed by atoms with Crippen molar-refractivity contribution in [3.63, 3.8) is 0 Å². The lowest BCUT2D eigenvalue weighted by Gasteiger charge is -2.22. The van der Waals surface area contributed by atoms with Crippen molar-refractivity contribution in [2.75, 3.05) is 0 Å². The van der Waals surface area contributed by atoms with Crippen LogP contribution in [0.25, 0.3) is 0 Å². The molecule has 0 heterocycles. The molecule has 84 valence electrons. The van der Waals surface area contributed by atoms with Gasteiger partial charge < -0.3 is 4.74 Å². The van der Waals surface area contributed by atoms with E-state index in [2.05, 4.69) is 44.7 Å². The number of aliphatic imine (C=N–C) groups is 2. The number of hydrogen-bond donors (Lipinski definition) is 0. The molecule has 0 aromatic heterocycles. The number of ether oxygens (including phenoxy) is 1. The van der Waals surface area contributed by atoms with Crippen LogP contribution in [0.4, 0.5) is 0 Å². The third-order valence-electron chi connectivity index (χ3n) is 1.78. The highest BCUT2D eigenvalue weighted by Crippen LogP contribution is 2.16. The van der Waals surface area contributed by atoms with E-state index in [1.165, 1.54) is 0 Å². The van der Waals surface area contributed by atoms with Crippen LogP contribution in [-0.4, -0.2) is 22.8 Å². The van der Waals surface area contributed by atoms with Gasteiger partial charge in [0.05, 0.1) is 10.3 Å². The van der Waals surface area contributed by atoms with Crippen molar-refractivity contribution in [1.82, 2.24) is 0 Å². The minimum absolute atomic E-state index is 0.224. The summed E-state index contributed by atoms with van der Waals surface area (Å²) in [7, 11) is 0. The van der Waals surface area contributed by atoms with E-state index in [0.717, 1.165) is 0 Å². The number of nitrogens with zero attached hydrogens (tertiary/aromatic N) is 2. The maximum atomic E-state index is 5.66. The van der Waals surface area contributed by atoms with Crippen LogP contribution < -0.4 is 0 Å². The molecular formula is C10H16N2OS2. The van der Waals surface area contributed by atoms with Crippen molar-refractivity contribution in [2.45, 2.75) is 40.2 Å². The molecule has 2 unspecified atom stereocenters. The highest BCUT2D eigenvalue weighted by atomic mass is 32.1. The first kappa shape index (κ1) is 14.6. The van der Waals surface area contributed by atoms with Gasteiger partial charge in [-0.05, 0) is 24.4 Å². The van der Waals surface area contributed by atoms with Gasteiger partial charge in [0.1, 0.15) is 0 Å². The molecule has 0 saturated heterocycles. The Balaban J connectivity index is 4.60. The normalized spacial score (nSPS) is 14.3. The second-order valence-corrected chi connectivity index (χ2v) is 4.21. The molecule has 0 amide bonds. The Labute approximate surface area is 102 Å². The van der Waals surface area contributed by atoms with Crippen molar-refractivity contribution in [3.8, 4) is 0 Å². The second kappa shape index (κ2) is 7.80. The maximum Gasteiger partial charge on any atom is 0.163 e. The minimum Gasteiger partial charge on any atom is -0.330 e. The zero-order valence-electron chi connectivity index (χ0n) is 9.43. The number of isothiocyanates is 2. The molecule has 0 aliphatic rings. The van der Waals surface area contributed by atoms with Crippen LogP contribution in [0.5, 0.6) is 0 Å². The maximum absolute atomic E-state index is 5.66. The van der Waals surface area contributed by atoms with Crippen molar-refractivity contribution in [3.05, 3.63) is 0 Å². The van der Waals surface area contributed by atoms with Crippen LogP contribution in [0.2, 0.25) is 0 Å². The zero-order chi connectivity index (χ0) is 11.8. The average molecular weight is 244 g/mol. The van der Waals surface area contributed by atoms with Crippen LogP contribution in [0.15, 0.2) is 9.98 Å². The summed E-state index contributed by atoms with van der Waals surface area (Å²) in [5.74, 6) is 0.448. The Bertz CT molecular complexity index is 251. The molecular weight excluding hydrogens is 228 g/mol. The summed E-state index contributed by atoms with van der Waals surface area (Å²) in [5.41, 5.74) is 0. The summed E-state index contributed by atoms with van der Waals surface area (Å²) < 4.78 is 5.66. The molecule has 3 nitrogen and oxygen atoms in total. The van der Waals surface area contributed by atoms with Crippen molar-refractivity contribution >= 4 is 34.8 Å². The van der Waals surface area contributed by atoms with Crippen molar-refractivity contribution < 1.29 is 4.74 Å². The molecule has 0 aromatic rings. The first-order valence-corrected chi connectivity index (χ1v) is 5.64. The van der Waals surface area contributed by atoms with Gasteiger partial charge in [0, 0.05) is 11.8 Å². The van der Waals surface area contributed by atoms with Crippen molar-refractivity contribution in [2.24, 2.45) is 21.8 Å². The monoisotopic (exact) mass is 244 g/mol. The van der Waals surface area contributed by atoms with Crippen LogP contribution >= 0.6 is 24.4 Å². The highest BCUT2D eigenvalue weighted by molar-refractivity contribution is 7.78. The molecule has 0 aromatic carbocycles. The summed E-state index contributed by atoms with van der Waals surface area (Å²) in [4.78, 5) is 7.90. The summed E-state index contributed by atoms with van der Waals surface area (Å²) in [6.07, 6.45) is -0.635. The Hall–Kier alpha value is -0.440. The fraction of sp³-hybridized carbons (Fsp3) is 0.800. The average Bonchev–Trinajstić information content (AvgIpc) is 2.15. The molecule has 0 saturated carbocycles. The number of thiocarbonyl (C=S) groups is 2. The molecule has 0 fully saturated rings. The lowest BCUT2D eigenvalue weighted by Crippen LogP contribution is -2.27. The van der Waals surface area contributed by atoms with Crippen LogP contribution in [0.1, 0.15) is 27.7 Å². The highest BCUT2D eigenvalue weighted by Gasteiger charge is 2.20. The summed E-state index contributed by atoms with van der Waals surface area (Å²) >= 11 is 9.13. The van der Waals surface area contributed by atoms with Crippen LogP contribution in [-0.2, 0) is 4.74 Å². The summed E-state index contributed by atoms with van der Waals surface area (Å²) in [6.45, 7) is 8.00. The summed E-state index contributed by atoms with van der Waals surface area (Å²) in [5, 5.41) is 4.66. The third-order valence-corrected chi connectivity index (χ3v) is 1.99. The van der Waals surface area contributed by atoms with E-state index in [1.54, 1.807) is 0 Å². The molecule has 0 rings (SSSR count). The predicted octanol–water partition coefficient (Wildman–Crippen LogP) is 3.17. The lowest BCUT2D eigenvalue weighted by atomic mass is 10.1. The van der Waals surface area contributed by atoms with E-state index in [1.807, 2.05) is 27.7 Å². The smallest absolute Gasteiger partial charge is 0.163 e. The van der Waals surface area contributed by atoms with Gasteiger partial charge in [-0.15, -0.1) is 0 Å². The Morgan fingerprint density at radius 1 is 0.867 bits per heavy atom. The van der Waals surface area contributed by atoms with Gasteiger partial charge >= 0.3 is 0 Å². The first-order chi connectivity index (χ1) is 7.02. The Kier molecular flexibility index (Phi) is 7.57. The van der Waals surface area contributed by atoms with Gasteiger partial charge in [0.25, 0.3) is 0 Å². The third kappa shape index (κ3) is 5.88. The largest absolute Gasteiger partial charge is 0.330 e. The Morgan fingerprint density at radius 3 is 1.40 bits per heavy atom. The van der Waals surface area contributed by atoms with E-state index in [9.17, 15) is 0 Å². The molecule has 0 aliphatic carbocycles. The van der Waals surface area contributed by atoms with Crippen LogP contribution in [0.3, 0.4) is 0 Å².